The van der Waals surface area contributed by atoms with Crippen molar-refractivity contribution in [2.45, 2.75) is 31.3 Å². The van der Waals surface area contributed by atoms with Gasteiger partial charge in [0.15, 0.2) is 6.10 Å². The van der Waals surface area contributed by atoms with E-state index in [4.69, 9.17) is 4.74 Å². The number of ether oxygens (including phenoxy) is 1. The molecule has 0 radical (unpaired) electrons. The number of aliphatic hydroxyl groups excluding tert-OH is 1. The Morgan fingerprint density at radius 2 is 1.92 bits per heavy atom. The number of rotatable bonds is 6. The van der Waals surface area contributed by atoms with Crippen LogP contribution in [0.3, 0.4) is 0 Å². The fraction of sp³-hybridized carbons (Fsp3) is 0.316. The van der Waals surface area contributed by atoms with E-state index in [-0.39, 0.29) is 11.6 Å². The van der Waals surface area contributed by atoms with Crippen molar-refractivity contribution in [2.75, 3.05) is 7.05 Å². The first kappa shape index (κ1) is 18.0. The Balaban J connectivity index is 1.67. The second-order valence-electron chi connectivity index (χ2n) is 6.37. The van der Waals surface area contributed by atoms with Crippen LogP contribution in [0.1, 0.15) is 30.3 Å². The lowest BCUT2D eigenvalue weighted by Gasteiger charge is -2.29. The summed E-state index contributed by atoms with van der Waals surface area (Å²) >= 11 is 0. The topological polar surface area (TPSA) is 96.2 Å². The molecule has 0 spiro atoms. The number of carbonyl (C=O) groups excluding carboxylic acids is 1. The van der Waals surface area contributed by atoms with Crippen LogP contribution in [0.15, 0.2) is 54.6 Å². The lowest BCUT2D eigenvalue weighted by Crippen LogP contribution is -2.41. The number of likely N-dealkylation sites (N-methyl/N-ethyl adjacent to an activating group) is 1. The van der Waals surface area contributed by atoms with Crippen molar-refractivity contribution < 1.29 is 19.6 Å². The minimum atomic E-state index is -0.819. The van der Waals surface area contributed by atoms with Crippen molar-refractivity contribution in [3.8, 4) is 0 Å². The summed E-state index contributed by atoms with van der Waals surface area (Å²) in [6.45, 7) is 1.76. The molecule has 7 heteroatoms. The van der Waals surface area contributed by atoms with Crippen molar-refractivity contribution in [3.05, 3.63) is 75.8 Å². The Labute approximate surface area is 151 Å². The van der Waals surface area contributed by atoms with E-state index in [0.717, 1.165) is 5.56 Å². The van der Waals surface area contributed by atoms with Crippen LogP contribution in [-0.2, 0) is 9.53 Å². The maximum atomic E-state index is 12.6. The van der Waals surface area contributed by atoms with Crippen LogP contribution in [0.4, 0.5) is 5.69 Å². The summed E-state index contributed by atoms with van der Waals surface area (Å²) < 4.78 is 5.46. The highest BCUT2D eigenvalue weighted by Crippen LogP contribution is 2.41. The van der Waals surface area contributed by atoms with Gasteiger partial charge in [-0.25, -0.2) is 0 Å². The monoisotopic (exact) mass is 356 g/mol. The average Bonchev–Trinajstić information content (AvgIpc) is 3.47. The minimum Gasteiger partial charge on any atom is -0.386 e. The zero-order valence-corrected chi connectivity index (χ0v) is 14.5. The van der Waals surface area contributed by atoms with Crippen molar-refractivity contribution >= 4 is 11.6 Å². The quantitative estimate of drug-likeness (QED) is 0.487. The molecular formula is C19H20N2O5. The molecule has 1 amide bonds. The maximum Gasteiger partial charge on any atom is 0.269 e. The van der Waals surface area contributed by atoms with Crippen molar-refractivity contribution in [2.24, 2.45) is 0 Å². The van der Waals surface area contributed by atoms with E-state index in [0.29, 0.717) is 5.56 Å². The first-order chi connectivity index (χ1) is 12.4. The summed E-state index contributed by atoms with van der Waals surface area (Å²) in [7, 11) is 1.62. The maximum absolute atomic E-state index is 12.6. The molecule has 3 rings (SSSR count). The first-order valence-corrected chi connectivity index (χ1v) is 8.29. The molecular weight excluding hydrogens is 336 g/mol. The second kappa shape index (κ2) is 7.23. The third kappa shape index (κ3) is 3.58. The van der Waals surface area contributed by atoms with Crippen molar-refractivity contribution in [3.63, 3.8) is 0 Å². The summed E-state index contributed by atoms with van der Waals surface area (Å²) in [5, 5.41) is 21.4. The van der Waals surface area contributed by atoms with Gasteiger partial charge in [0.2, 0.25) is 0 Å². The lowest BCUT2D eigenvalue weighted by molar-refractivity contribution is -0.384. The number of nitro benzene ring substituents is 1. The van der Waals surface area contributed by atoms with Gasteiger partial charge in [-0.1, -0.05) is 42.5 Å². The Kier molecular flexibility index (Phi) is 5.01. The molecule has 26 heavy (non-hydrogen) atoms. The summed E-state index contributed by atoms with van der Waals surface area (Å²) in [4.78, 5) is 24.5. The van der Waals surface area contributed by atoms with Crippen LogP contribution in [0.5, 0.6) is 0 Å². The molecule has 0 bridgehead atoms. The number of benzene rings is 2. The molecule has 1 fully saturated rings. The smallest absolute Gasteiger partial charge is 0.269 e. The molecule has 2 aromatic rings. The summed E-state index contributed by atoms with van der Waals surface area (Å²) in [5.41, 5.74) is 1.29. The third-order valence-electron chi connectivity index (χ3n) is 4.70. The van der Waals surface area contributed by atoms with Crippen LogP contribution in [0.2, 0.25) is 0 Å². The predicted molar refractivity (Wildman–Crippen MR) is 94.3 cm³/mol. The molecule has 0 aromatic heterocycles. The Bertz CT molecular complexity index is 811. The molecule has 4 atom stereocenters. The number of epoxide rings is 1. The van der Waals surface area contributed by atoms with Crippen LogP contribution in [-0.4, -0.2) is 40.0 Å². The zero-order valence-electron chi connectivity index (χ0n) is 14.5. The molecule has 1 aliphatic heterocycles. The minimum absolute atomic E-state index is 0.0366. The molecule has 136 valence electrons. The summed E-state index contributed by atoms with van der Waals surface area (Å²) in [6, 6.07) is 14.8. The SMILES string of the molecule is C[C@@H]([C@@H](O)c1ccccc1)N(C)C(=O)[C@H]1O[C@@H]1c1cccc([N+](=O)[O-])c1. The fourth-order valence-corrected chi connectivity index (χ4v) is 2.91. The van der Waals surface area contributed by atoms with Gasteiger partial charge in [-0.2, -0.15) is 0 Å². The van der Waals surface area contributed by atoms with Gasteiger partial charge in [0, 0.05) is 19.2 Å². The summed E-state index contributed by atoms with van der Waals surface area (Å²) in [6.07, 6.45) is -2.00. The van der Waals surface area contributed by atoms with E-state index in [2.05, 4.69) is 0 Å². The Morgan fingerprint density at radius 3 is 2.58 bits per heavy atom. The average molecular weight is 356 g/mol. The van der Waals surface area contributed by atoms with Gasteiger partial charge in [-0.05, 0) is 18.1 Å². The summed E-state index contributed by atoms with van der Waals surface area (Å²) in [5.74, 6) is -0.260. The van der Waals surface area contributed by atoms with Crippen LogP contribution < -0.4 is 0 Å². The van der Waals surface area contributed by atoms with Gasteiger partial charge in [-0.3, -0.25) is 14.9 Å². The zero-order chi connectivity index (χ0) is 18.8. The number of hydrogen-bond acceptors (Lipinski definition) is 5. The van der Waals surface area contributed by atoms with E-state index in [1.165, 1.54) is 17.0 Å². The van der Waals surface area contributed by atoms with Gasteiger partial charge in [-0.15, -0.1) is 0 Å². The number of nitrogens with zero attached hydrogens (tertiary/aromatic N) is 2. The lowest BCUT2D eigenvalue weighted by atomic mass is 10.0. The normalized spacial score (nSPS) is 20.9. The van der Waals surface area contributed by atoms with Crippen LogP contribution >= 0.6 is 0 Å². The van der Waals surface area contributed by atoms with Crippen LogP contribution in [0.25, 0.3) is 0 Å². The van der Waals surface area contributed by atoms with Gasteiger partial charge in [0.25, 0.3) is 11.6 Å². The number of carbonyl (C=O) groups is 1. The van der Waals surface area contributed by atoms with E-state index in [1.807, 2.05) is 18.2 Å². The molecule has 1 saturated heterocycles. The standard InChI is InChI=1S/C19H20N2O5/c1-12(16(22)13-7-4-3-5-8-13)20(2)19(23)18-17(26-18)14-9-6-10-15(11-14)21(24)25/h3-12,16-18,22H,1-2H3/t12-,16+,17+,18-/m0/s1. The Hall–Kier alpha value is -2.77. The van der Waals surface area contributed by atoms with E-state index in [9.17, 15) is 20.0 Å². The molecule has 1 heterocycles. The predicted octanol–water partition coefficient (Wildman–Crippen LogP) is 2.62. The molecule has 0 unspecified atom stereocenters. The molecule has 1 aliphatic rings. The van der Waals surface area contributed by atoms with E-state index >= 15 is 0 Å². The van der Waals surface area contributed by atoms with Gasteiger partial charge >= 0.3 is 0 Å². The number of hydrogen-bond donors (Lipinski definition) is 1. The number of non-ortho nitro benzene ring substituents is 1. The molecule has 1 N–H and O–H groups in total. The number of nitro groups is 1. The number of aliphatic hydroxyl groups is 1. The number of amides is 1. The van der Waals surface area contributed by atoms with Crippen molar-refractivity contribution in [1.29, 1.82) is 0 Å². The molecule has 7 nitrogen and oxygen atoms in total. The van der Waals surface area contributed by atoms with Gasteiger partial charge < -0.3 is 14.7 Å². The van der Waals surface area contributed by atoms with Gasteiger partial charge in [0.1, 0.15) is 6.10 Å². The van der Waals surface area contributed by atoms with Crippen LogP contribution in [0, 0.1) is 10.1 Å². The largest absolute Gasteiger partial charge is 0.386 e. The highest BCUT2D eigenvalue weighted by Gasteiger charge is 2.48. The fourth-order valence-electron chi connectivity index (χ4n) is 2.91. The highest BCUT2D eigenvalue weighted by atomic mass is 16.6. The van der Waals surface area contributed by atoms with E-state index < -0.39 is 29.3 Å². The highest BCUT2D eigenvalue weighted by molar-refractivity contribution is 5.84. The van der Waals surface area contributed by atoms with Gasteiger partial charge in [0.05, 0.1) is 17.1 Å². The van der Waals surface area contributed by atoms with E-state index in [1.54, 1.807) is 38.2 Å². The molecule has 2 aromatic carbocycles. The molecule has 0 saturated carbocycles. The second-order valence-corrected chi connectivity index (χ2v) is 6.37. The Morgan fingerprint density at radius 1 is 1.23 bits per heavy atom. The van der Waals surface area contributed by atoms with Crippen molar-refractivity contribution in [1.82, 2.24) is 4.90 Å². The third-order valence-corrected chi connectivity index (χ3v) is 4.70. The molecule has 0 aliphatic carbocycles. The first-order valence-electron chi connectivity index (χ1n) is 8.29.